The lowest BCUT2D eigenvalue weighted by atomic mass is 10.1. The number of hydrogen-bond donors (Lipinski definition) is 1. The van der Waals surface area contributed by atoms with E-state index in [4.69, 9.17) is 27.7 Å². The summed E-state index contributed by atoms with van der Waals surface area (Å²) in [7, 11) is 0. The zero-order valence-electron chi connectivity index (χ0n) is 13.2. The van der Waals surface area contributed by atoms with Crippen molar-refractivity contribution in [3.63, 3.8) is 0 Å². The lowest BCUT2D eigenvalue weighted by Crippen LogP contribution is -2.27. The summed E-state index contributed by atoms with van der Waals surface area (Å²) < 4.78 is 5.18. The molecule has 128 valence electrons. The molecule has 0 atom stereocenters. The van der Waals surface area contributed by atoms with Gasteiger partial charge in [0.1, 0.15) is 0 Å². The van der Waals surface area contributed by atoms with Crippen LogP contribution in [0.3, 0.4) is 0 Å². The van der Waals surface area contributed by atoms with Crippen molar-refractivity contribution < 1.29 is 9.32 Å². The van der Waals surface area contributed by atoms with Crippen molar-refractivity contribution in [1.29, 1.82) is 0 Å². The minimum atomic E-state index is -0.155. The molecular formula is C18H15Cl2N3O2. The van der Waals surface area contributed by atoms with Crippen molar-refractivity contribution in [2.75, 3.05) is 6.54 Å². The van der Waals surface area contributed by atoms with Gasteiger partial charge >= 0.3 is 0 Å². The van der Waals surface area contributed by atoms with Gasteiger partial charge in [-0.3, -0.25) is 4.79 Å². The second kappa shape index (κ2) is 8.14. The Bertz CT molecular complexity index is 866. The van der Waals surface area contributed by atoms with Gasteiger partial charge in [0.25, 0.3) is 5.89 Å². The Morgan fingerprint density at radius 1 is 1.08 bits per heavy atom. The molecule has 2 aromatic carbocycles. The average Bonchev–Trinajstić information content (AvgIpc) is 3.06. The second-order valence-corrected chi connectivity index (χ2v) is 6.22. The Morgan fingerprint density at radius 2 is 1.88 bits per heavy atom. The standard InChI is InChI=1S/C18H15Cl2N3O2/c19-14-7-6-13(10-15(14)20)18-22-16(23-25-18)11-17(24)21-9-8-12-4-2-1-3-5-12/h1-7,10H,8-9,11H2,(H,21,24). The molecule has 1 heterocycles. The van der Waals surface area contributed by atoms with Gasteiger partial charge in [0.15, 0.2) is 5.82 Å². The molecule has 0 saturated heterocycles. The maximum Gasteiger partial charge on any atom is 0.257 e. The maximum atomic E-state index is 12.0. The third-order valence-electron chi connectivity index (χ3n) is 3.53. The van der Waals surface area contributed by atoms with Crippen LogP contribution in [0.15, 0.2) is 53.1 Å². The van der Waals surface area contributed by atoms with E-state index in [1.807, 2.05) is 30.3 Å². The topological polar surface area (TPSA) is 68.0 Å². The van der Waals surface area contributed by atoms with Crippen LogP contribution in [0.4, 0.5) is 0 Å². The number of nitrogens with one attached hydrogen (secondary N) is 1. The highest BCUT2D eigenvalue weighted by molar-refractivity contribution is 6.42. The summed E-state index contributed by atoms with van der Waals surface area (Å²) in [5.41, 5.74) is 1.82. The van der Waals surface area contributed by atoms with Crippen molar-refractivity contribution in [3.8, 4) is 11.5 Å². The molecule has 1 amide bonds. The SMILES string of the molecule is O=C(Cc1noc(-c2ccc(Cl)c(Cl)c2)n1)NCCc1ccccc1. The molecule has 3 rings (SSSR count). The molecule has 0 aliphatic heterocycles. The van der Waals surface area contributed by atoms with E-state index in [2.05, 4.69) is 15.5 Å². The van der Waals surface area contributed by atoms with E-state index in [0.717, 1.165) is 6.42 Å². The number of carbonyl (C=O) groups is 1. The molecule has 1 aromatic heterocycles. The van der Waals surface area contributed by atoms with Gasteiger partial charge < -0.3 is 9.84 Å². The van der Waals surface area contributed by atoms with Gasteiger partial charge in [-0.15, -0.1) is 0 Å². The Kier molecular flexibility index (Phi) is 5.68. The van der Waals surface area contributed by atoms with Crippen molar-refractivity contribution in [1.82, 2.24) is 15.5 Å². The van der Waals surface area contributed by atoms with Crippen LogP contribution in [0, 0.1) is 0 Å². The Labute approximate surface area is 155 Å². The summed E-state index contributed by atoms with van der Waals surface area (Å²) in [6, 6.07) is 15.0. The van der Waals surface area contributed by atoms with Crippen molar-refractivity contribution in [2.24, 2.45) is 0 Å². The van der Waals surface area contributed by atoms with Gasteiger partial charge in [-0.2, -0.15) is 4.98 Å². The number of rotatable bonds is 6. The van der Waals surface area contributed by atoms with Gasteiger partial charge in [0.2, 0.25) is 5.91 Å². The molecule has 0 saturated carbocycles. The highest BCUT2D eigenvalue weighted by atomic mass is 35.5. The smallest absolute Gasteiger partial charge is 0.257 e. The molecule has 0 fully saturated rings. The molecular weight excluding hydrogens is 361 g/mol. The largest absolute Gasteiger partial charge is 0.355 e. The first-order valence-electron chi connectivity index (χ1n) is 7.70. The van der Waals surface area contributed by atoms with Crippen LogP contribution in [-0.4, -0.2) is 22.6 Å². The van der Waals surface area contributed by atoms with Crippen LogP contribution < -0.4 is 5.32 Å². The van der Waals surface area contributed by atoms with Crippen molar-refractivity contribution in [3.05, 3.63) is 70.0 Å². The number of hydrogen-bond acceptors (Lipinski definition) is 4. The summed E-state index contributed by atoms with van der Waals surface area (Å²) >= 11 is 11.9. The van der Waals surface area contributed by atoms with Crippen LogP contribution in [0.5, 0.6) is 0 Å². The average molecular weight is 376 g/mol. The fraction of sp³-hybridized carbons (Fsp3) is 0.167. The summed E-state index contributed by atoms with van der Waals surface area (Å²) in [6.45, 7) is 0.556. The molecule has 0 aliphatic carbocycles. The minimum Gasteiger partial charge on any atom is -0.355 e. The van der Waals surface area contributed by atoms with Gasteiger partial charge in [0, 0.05) is 12.1 Å². The molecule has 0 aliphatic rings. The lowest BCUT2D eigenvalue weighted by molar-refractivity contribution is -0.120. The third kappa shape index (κ3) is 4.81. The van der Waals surface area contributed by atoms with Crippen molar-refractivity contribution in [2.45, 2.75) is 12.8 Å². The first-order chi connectivity index (χ1) is 12.1. The minimum absolute atomic E-state index is 0.0552. The van der Waals surface area contributed by atoms with Crippen LogP contribution >= 0.6 is 23.2 Å². The number of amides is 1. The van der Waals surface area contributed by atoms with Crippen LogP contribution in [0.2, 0.25) is 10.0 Å². The van der Waals surface area contributed by atoms with E-state index >= 15 is 0 Å². The number of benzene rings is 2. The van der Waals surface area contributed by atoms with Gasteiger partial charge in [-0.25, -0.2) is 0 Å². The number of aromatic nitrogens is 2. The quantitative estimate of drug-likeness (QED) is 0.708. The molecule has 25 heavy (non-hydrogen) atoms. The Balaban J connectivity index is 1.54. The molecule has 0 bridgehead atoms. The molecule has 0 spiro atoms. The summed E-state index contributed by atoms with van der Waals surface area (Å²) in [5, 5.41) is 7.52. The zero-order valence-corrected chi connectivity index (χ0v) is 14.7. The molecule has 3 aromatic rings. The Hall–Kier alpha value is -2.37. The third-order valence-corrected chi connectivity index (χ3v) is 4.27. The number of carbonyl (C=O) groups excluding carboxylic acids is 1. The lowest BCUT2D eigenvalue weighted by Gasteiger charge is -2.03. The van der Waals surface area contributed by atoms with Crippen LogP contribution in [0.25, 0.3) is 11.5 Å². The second-order valence-electron chi connectivity index (χ2n) is 5.41. The first-order valence-corrected chi connectivity index (χ1v) is 8.46. The number of nitrogens with zero attached hydrogens (tertiary/aromatic N) is 2. The van der Waals surface area contributed by atoms with Crippen molar-refractivity contribution >= 4 is 29.1 Å². The predicted molar refractivity (Wildman–Crippen MR) is 96.6 cm³/mol. The fourth-order valence-corrected chi connectivity index (χ4v) is 2.57. The van der Waals surface area contributed by atoms with E-state index in [0.29, 0.717) is 33.9 Å². The van der Waals surface area contributed by atoms with E-state index in [1.54, 1.807) is 18.2 Å². The Morgan fingerprint density at radius 3 is 2.64 bits per heavy atom. The summed E-state index contributed by atoms with van der Waals surface area (Å²) in [4.78, 5) is 16.2. The van der Waals surface area contributed by atoms with E-state index in [1.165, 1.54) is 5.56 Å². The maximum absolute atomic E-state index is 12.0. The van der Waals surface area contributed by atoms with Gasteiger partial charge in [-0.1, -0.05) is 58.7 Å². The van der Waals surface area contributed by atoms with Gasteiger partial charge in [-0.05, 0) is 30.2 Å². The molecule has 1 N–H and O–H groups in total. The molecule has 0 radical (unpaired) electrons. The van der Waals surface area contributed by atoms with E-state index < -0.39 is 0 Å². The summed E-state index contributed by atoms with van der Waals surface area (Å²) in [6.07, 6.45) is 0.826. The zero-order chi connectivity index (χ0) is 17.6. The predicted octanol–water partition coefficient (Wildman–Crippen LogP) is 3.94. The molecule has 5 nitrogen and oxygen atoms in total. The van der Waals surface area contributed by atoms with E-state index in [-0.39, 0.29) is 12.3 Å². The van der Waals surface area contributed by atoms with Crippen LogP contribution in [0.1, 0.15) is 11.4 Å². The highest BCUT2D eigenvalue weighted by Crippen LogP contribution is 2.27. The van der Waals surface area contributed by atoms with Gasteiger partial charge in [0.05, 0.1) is 16.5 Å². The molecule has 7 heteroatoms. The van der Waals surface area contributed by atoms with Crippen LogP contribution in [-0.2, 0) is 17.6 Å². The van der Waals surface area contributed by atoms with E-state index in [9.17, 15) is 4.79 Å². The highest BCUT2D eigenvalue weighted by Gasteiger charge is 2.13. The monoisotopic (exact) mass is 375 g/mol. The molecule has 0 unspecified atom stereocenters. The normalized spacial score (nSPS) is 10.6. The fourth-order valence-electron chi connectivity index (χ4n) is 2.27. The number of halogens is 2. The first kappa shape index (κ1) is 17.5. The summed E-state index contributed by atoms with van der Waals surface area (Å²) in [5.74, 6) is 0.460.